The Morgan fingerprint density at radius 2 is 2.00 bits per heavy atom. The van der Waals surface area contributed by atoms with Crippen LogP contribution in [-0.4, -0.2) is 37.7 Å². The van der Waals surface area contributed by atoms with Crippen LogP contribution in [0, 0.1) is 25.1 Å². The number of amides is 1. The van der Waals surface area contributed by atoms with Crippen LogP contribution < -0.4 is 11.3 Å². The average Bonchev–Trinajstić information content (AvgIpc) is 3.62. The molecular formula is C32H47FN6O2. The normalized spacial score (nSPS) is 14.3. The Hall–Kier alpha value is -4.01. The van der Waals surface area contributed by atoms with Crippen molar-refractivity contribution in [1.82, 2.24) is 19.4 Å². The van der Waals surface area contributed by atoms with Crippen molar-refractivity contribution in [2.24, 2.45) is 5.73 Å². The number of halogens is 1. The fourth-order valence-corrected chi connectivity index (χ4v) is 4.93. The van der Waals surface area contributed by atoms with E-state index in [1.54, 1.807) is 41.1 Å². The van der Waals surface area contributed by atoms with Gasteiger partial charge >= 0.3 is 0 Å². The number of hydrogen-bond acceptors (Lipinski definition) is 4. The zero-order valence-electron chi connectivity index (χ0n) is 25.3. The first kappa shape index (κ1) is 33.2. The predicted octanol–water partition coefficient (Wildman–Crippen LogP) is 6.58. The van der Waals surface area contributed by atoms with Crippen LogP contribution in [-0.2, 0) is 13.0 Å². The number of pyridine rings is 1. The topological polar surface area (TPSA) is 121 Å². The molecular weight excluding hydrogens is 519 g/mol. The quantitative estimate of drug-likeness (QED) is 0.211. The van der Waals surface area contributed by atoms with Gasteiger partial charge in [-0.05, 0) is 81.0 Å². The van der Waals surface area contributed by atoms with Gasteiger partial charge in [0.2, 0.25) is 0 Å². The molecule has 2 aromatic heterocycles. The lowest BCUT2D eigenvalue weighted by Crippen LogP contribution is -2.32. The van der Waals surface area contributed by atoms with E-state index < -0.39 is 5.91 Å². The monoisotopic (exact) mass is 566 g/mol. The number of benzene rings is 1. The van der Waals surface area contributed by atoms with Gasteiger partial charge in [0.05, 0.1) is 6.04 Å². The van der Waals surface area contributed by atoms with Gasteiger partial charge in [0.25, 0.3) is 11.5 Å². The molecule has 3 aromatic rings. The second kappa shape index (κ2) is 16.3. The number of nitrogens with one attached hydrogen (secondary N) is 2. The molecule has 41 heavy (non-hydrogen) atoms. The first-order valence-corrected chi connectivity index (χ1v) is 14.5. The summed E-state index contributed by atoms with van der Waals surface area (Å²) in [4.78, 5) is 32.6. The van der Waals surface area contributed by atoms with Crippen LogP contribution in [0.1, 0.15) is 99.5 Å². The lowest BCUT2D eigenvalue weighted by Gasteiger charge is -2.26. The summed E-state index contributed by atoms with van der Waals surface area (Å²) in [7, 11) is 0. The van der Waals surface area contributed by atoms with Crippen LogP contribution in [0.3, 0.4) is 0 Å². The molecule has 0 spiro atoms. The number of aromatic nitrogens is 3. The summed E-state index contributed by atoms with van der Waals surface area (Å²) in [5.74, 6) is 0.299. The highest BCUT2D eigenvalue weighted by atomic mass is 19.1. The molecule has 1 aliphatic heterocycles. The molecule has 1 amide bonds. The van der Waals surface area contributed by atoms with E-state index in [1.165, 1.54) is 6.07 Å². The number of primary amides is 1. The van der Waals surface area contributed by atoms with Crippen molar-refractivity contribution in [3.8, 4) is 0 Å². The summed E-state index contributed by atoms with van der Waals surface area (Å²) in [6.07, 6.45) is 9.98. The largest absolute Gasteiger partial charge is 0.365 e. The molecule has 1 aliphatic rings. The maximum Gasteiger partial charge on any atom is 0.263 e. The van der Waals surface area contributed by atoms with Gasteiger partial charge in [-0.15, -0.1) is 0 Å². The van der Waals surface area contributed by atoms with Crippen LogP contribution in [0.2, 0.25) is 0 Å². The van der Waals surface area contributed by atoms with Gasteiger partial charge in [-0.2, -0.15) is 0 Å². The number of amidine groups is 1. The minimum absolute atomic E-state index is 0. The van der Waals surface area contributed by atoms with E-state index in [4.69, 9.17) is 11.1 Å². The number of aryl methyl sites for hydroxylation is 2. The van der Waals surface area contributed by atoms with E-state index in [0.29, 0.717) is 12.4 Å². The van der Waals surface area contributed by atoms with E-state index >= 15 is 0 Å². The van der Waals surface area contributed by atoms with E-state index in [0.717, 1.165) is 67.0 Å². The van der Waals surface area contributed by atoms with Crippen LogP contribution in [0.25, 0.3) is 6.08 Å². The van der Waals surface area contributed by atoms with Gasteiger partial charge in [0, 0.05) is 32.1 Å². The molecule has 0 saturated carbocycles. The minimum Gasteiger partial charge on any atom is -0.365 e. The molecule has 0 unspecified atom stereocenters. The van der Waals surface area contributed by atoms with Crippen molar-refractivity contribution in [2.45, 2.75) is 86.2 Å². The van der Waals surface area contributed by atoms with Gasteiger partial charge in [-0.25, -0.2) is 9.37 Å². The second-order valence-electron chi connectivity index (χ2n) is 9.79. The molecule has 224 valence electrons. The lowest BCUT2D eigenvalue weighted by molar-refractivity contribution is 0.0998. The predicted molar refractivity (Wildman–Crippen MR) is 167 cm³/mol. The number of likely N-dealkylation sites (tertiary alicyclic amines) is 1. The number of nitrogens with zero attached hydrogens (tertiary/aromatic N) is 3. The number of imidazole rings is 1. The molecule has 1 atom stereocenters. The summed E-state index contributed by atoms with van der Waals surface area (Å²) >= 11 is 0. The Morgan fingerprint density at radius 1 is 1.27 bits per heavy atom. The standard InChI is InChI=1S/C17H19FN4.C13H20N2O2.C2H6.H2/c1-12-11-20-17(21-12)8-7-16(19)22-9-3-6-15(22)13-4-2-5-14(18)10-13;1-4-6-7-15-11(5-2)9(3)8-10(12(14)16)13(15)17;1-2;/h2,4-5,7-8,10-11,15,19H,3,6,9H2,1H3,(H,20,21);8H,4-7H2,1-3H3,(H2,14,16);1-2H3;1H/b8-7-,19-16?;;;/t15-;;;/m1.../s1. The van der Waals surface area contributed by atoms with Crippen LogP contribution in [0.15, 0.2) is 47.4 Å². The zero-order valence-corrected chi connectivity index (χ0v) is 25.3. The summed E-state index contributed by atoms with van der Waals surface area (Å²) in [5.41, 5.74) is 8.93. The summed E-state index contributed by atoms with van der Waals surface area (Å²) in [5, 5.41) is 8.28. The molecule has 0 radical (unpaired) electrons. The third-order valence-corrected chi connectivity index (χ3v) is 6.87. The van der Waals surface area contributed by atoms with Crippen molar-refractivity contribution in [2.75, 3.05) is 6.54 Å². The highest BCUT2D eigenvalue weighted by molar-refractivity contribution is 5.94. The summed E-state index contributed by atoms with van der Waals surface area (Å²) < 4.78 is 15.1. The summed E-state index contributed by atoms with van der Waals surface area (Å²) in [6.45, 7) is 13.4. The van der Waals surface area contributed by atoms with E-state index in [9.17, 15) is 14.0 Å². The smallest absolute Gasteiger partial charge is 0.263 e. The minimum atomic E-state index is -0.647. The lowest BCUT2D eigenvalue weighted by atomic mass is 10.0. The number of H-pyrrole nitrogens is 1. The Kier molecular flexibility index (Phi) is 13.2. The molecule has 3 heterocycles. The second-order valence-corrected chi connectivity index (χ2v) is 9.79. The van der Waals surface area contributed by atoms with Gasteiger partial charge in [-0.1, -0.05) is 46.2 Å². The number of unbranched alkanes of at least 4 members (excludes halogenated alkanes) is 1. The number of nitrogens with two attached hydrogens (primary N) is 1. The Morgan fingerprint density at radius 3 is 2.59 bits per heavy atom. The molecule has 9 heteroatoms. The molecule has 1 saturated heterocycles. The first-order chi connectivity index (χ1) is 19.7. The van der Waals surface area contributed by atoms with Crippen molar-refractivity contribution in [3.05, 3.63) is 92.7 Å². The molecule has 4 rings (SSSR count). The molecule has 1 fully saturated rings. The highest BCUT2D eigenvalue weighted by Crippen LogP contribution is 2.32. The van der Waals surface area contributed by atoms with E-state index in [-0.39, 0.29) is 24.4 Å². The molecule has 4 N–H and O–H groups in total. The maximum atomic E-state index is 13.4. The van der Waals surface area contributed by atoms with Crippen molar-refractivity contribution >= 4 is 17.8 Å². The Bertz CT molecular complexity index is 1400. The first-order valence-electron chi connectivity index (χ1n) is 14.5. The SMILES string of the molecule is CC.CCCCn1c(CC)c(C)cc(C(N)=O)c1=O.Cc1cnc(/C=C\C(=N)N2CCC[C@@H]2c2cccc(F)c2)[nH]1.[HH]. The number of carbonyl (C=O) groups excluding carboxylic acids is 1. The number of hydrogen-bond donors (Lipinski definition) is 3. The van der Waals surface area contributed by atoms with Crippen molar-refractivity contribution < 1.29 is 10.6 Å². The highest BCUT2D eigenvalue weighted by Gasteiger charge is 2.27. The number of carbonyl (C=O) groups is 1. The fraction of sp³-hybridized carbons (Fsp3) is 0.438. The van der Waals surface area contributed by atoms with Crippen LogP contribution in [0.4, 0.5) is 4.39 Å². The van der Waals surface area contributed by atoms with Gasteiger partial charge < -0.3 is 20.2 Å². The van der Waals surface area contributed by atoms with Gasteiger partial charge in [0.15, 0.2) is 0 Å². The molecule has 0 bridgehead atoms. The van der Waals surface area contributed by atoms with Crippen molar-refractivity contribution in [3.63, 3.8) is 0 Å². The van der Waals surface area contributed by atoms with Crippen LogP contribution >= 0.6 is 0 Å². The van der Waals surface area contributed by atoms with Gasteiger partial charge in [0.1, 0.15) is 23.0 Å². The summed E-state index contributed by atoms with van der Waals surface area (Å²) in [6, 6.07) is 8.35. The fourth-order valence-electron chi connectivity index (χ4n) is 4.93. The zero-order chi connectivity index (χ0) is 30.5. The Balaban J connectivity index is 0.000000400. The van der Waals surface area contributed by atoms with E-state index in [2.05, 4.69) is 16.9 Å². The Labute approximate surface area is 244 Å². The third-order valence-electron chi connectivity index (χ3n) is 6.87. The van der Waals surface area contributed by atoms with Gasteiger partial charge in [-0.3, -0.25) is 15.0 Å². The maximum absolute atomic E-state index is 13.4. The van der Waals surface area contributed by atoms with E-state index in [1.807, 2.05) is 45.6 Å². The molecule has 0 aliphatic carbocycles. The number of rotatable bonds is 8. The average molecular weight is 567 g/mol. The van der Waals surface area contributed by atoms with Crippen molar-refractivity contribution in [1.29, 1.82) is 5.41 Å². The third kappa shape index (κ3) is 8.99. The van der Waals surface area contributed by atoms with Crippen LogP contribution in [0.5, 0.6) is 0 Å². The molecule has 1 aromatic carbocycles. The molecule has 8 nitrogen and oxygen atoms in total. The number of aromatic amines is 1.